The van der Waals surface area contributed by atoms with Crippen molar-refractivity contribution >= 4 is 16.6 Å². The molecule has 0 unspecified atom stereocenters. The first-order valence-corrected chi connectivity index (χ1v) is 8.86. The summed E-state index contributed by atoms with van der Waals surface area (Å²) in [6, 6.07) is 15.9. The Bertz CT molecular complexity index is 1120. The summed E-state index contributed by atoms with van der Waals surface area (Å²) in [7, 11) is 0. The van der Waals surface area contributed by atoms with Crippen LogP contribution in [-0.2, 0) is 13.2 Å². The maximum absolute atomic E-state index is 13.2. The van der Waals surface area contributed by atoms with Crippen molar-refractivity contribution in [2.45, 2.75) is 13.2 Å². The van der Waals surface area contributed by atoms with E-state index in [9.17, 15) is 4.39 Å². The summed E-state index contributed by atoms with van der Waals surface area (Å²) in [5.74, 6) is -0.278. The SMILES string of the molecule is C=C(NCc1ccc(CO)nc1)c1cccc2c1cnn2-c1ccc(F)cc1. The Balaban J connectivity index is 1.58. The van der Waals surface area contributed by atoms with Gasteiger partial charge in [-0.05, 0) is 42.0 Å². The number of aromatic nitrogens is 3. The largest absolute Gasteiger partial charge is 0.390 e. The van der Waals surface area contributed by atoms with Crippen LogP contribution in [0.5, 0.6) is 0 Å². The molecule has 0 radical (unpaired) electrons. The maximum atomic E-state index is 13.2. The van der Waals surface area contributed by atoms with Gasteiger partial charge in [-0.1, -0.05) is 24.8 Å². The van der Waals surface area contributed by atoms with Gasteiger partial charge in [0.2, 0.25) is 0 Å². The summed E-state index contributed by atoms with van der Waals surface area (Å²) in [5.41, 5.74) is 5.07. The van der Waals surface area contributed by atoms with E-state index in [-0.39, 0.29) is 12.4 Å². The number of hydrogen-bond donors (Lipinski definition) is 2. The zero-order valence-electron chi connectivity index (χ0n) is 15.1. The first-order chi connectivity index (χ1) is 13.7. The number of rotatable bonds is 6. The highest BCUT2D eigenvalue weighted by atomic mass is 19.1. The molecule has 0 aliphatic carbocycles. The molecule has 140 valence electrons. The monoisotopic (exact) mass is 374 g/mol. The Morgan fingerprint density at radius 3 is 2.61 bits per heavy atom. The number of pyridine rings is 1. The Kier molecular flexibility index (Phi) is 4.87. The normalized spacial score (nSPS) is 10.9. The molecule has 28 heavy (non-hydrogen) atoms. The van der Waals surface area contributed by atoms with Crippen LogP contribution in [-0.4, -0.2) is 19.9 Å². The lowest BCUT2D eigenvalue weighted by Crippen LogP contribution is -2.11. The Labute approximate surface area is 161 Å². The average molecular weight is 374 g/mol. The maximum Gasteiger partial charge on any atom is 0.123 e. The van der Waals surface area contributed by atoms with E-state index < -0.39 is 0 Å². The predicted molar refractivity (Wildman–Crippen MR) is 107 cm³/mol. The highest BCUT2D eigenvalue weighted by Gasteiger charge is 2.11. The molecular formula is C22H19FN4O. The van der Waals surface area contributed by atoms with Crippen LogP contribution in [0.25, 0.3) is 22.3 Å². The van der Waals surface area contributed by atoms with Crippen LogP contribution in [0.1, 0.15) is 16.8 Å². The minimum atomic E-state index is -0.278. The molecule has 0 aliphatic heterocycles. The molecule has 4 rings (SSSR count). The van der Waals surface area contributed by atoms with Crippen molar-refractivity contribution in [3.05, 3.63) is 96.2 Å². The van der Waals surface area contributed by atoms with E-state index in [4.69, 9.17) is 5.11 Å². The second-order valence-electron chi connectivity index (χ2n) is 6.42. The average Bonchev–Trinajstić information content (AvgIpc) is 3.17. The van der Waals surface area contributed by atoms with E-state index in [1.54, 1.807) is 35.3 Å². The van der Waals surface area contributed by atoms with Gasteiger partial charge in [-0.2, -0.15) is 5.10 Å². The summed E-state index contributed by atoms with van der Waals surface area (Å²) in [6.45, 7) is 4.66. The van der Waals surface area contributed by atoms with E-state index in [1.165, 1.54) is 12.1 Å². The fourth-order valence-corrected chi connectivity index (χ4v) is 3.06. The topological polar surface area (TPSA) is 63.0 Å². The molecule has 0 amide bonds. The molecule has 0 spiro atoms. The second-order valence-corrected chi connectivity index (χ2v) is 6.42. The zero-order valence-corrected chi connectivity index (χ0v) is 15.1. The predicted octanol–water partition coefficient (Wildman–Crippen LogP) is 3.81. The number of aliphatic hydroxyl groups excluding tert-OH is 1. The van der Waals surface area contributed by atoms with Crippen LogP contribution in [0.4, 0.5) is 4.39 Å². The van der Waals surface area contributed by atoms with Crippen molar-refractivity contribution in [3.63, 3.8) is 0 Å². The third-order valence-corrected chi connectivity index (χ3v) is 4.56. The summed E-state index contributed by atoms with van der Waals surface area (Å²) < 4.78 is 15.0. The number of benzene rings is 2. The molecule has 0 bridgehead atoms. The summed E-state index contributed by atoms with van der Waals surface area (Å²) >= 11 is 0. The van der Waals surface area contributed by atoms with E-state index in [1.807, 2.05) is 24.3 Å². The van der Waals surface area contributed by atoms with Crippen LogP contribution in [0.15, 0.2) is 73.6 Å². The second kappa shape index (κ2) is 7.62. The number of nitrogens with zero attached hydrogens (tertiary/aromatic N) is 3. The van der Waals surface area contributed by atoms with E-state index in [0.29, 0.717) is 12.2 Å². The fraction of sp³-hybridized carbons (Fsp3) is 0.0909. The molecular weight excluding hydrogens is 355 g/mol. The first kappa shape index (κ1) is 17.9. The summed E-state index contributed by atoms with van der Waals surface area (Å²) in [5, 5.41) is 17.8. The van der Waals surface area contributed by atoms with Gasteiger partial charge >= 0.3 is 0 Å². The van der Waals surface area contributed by atoms with Crippen molar-refractivity contribution in [2.75, 3.05) is 0 Å². The van der Waals surface area contributed by atoms with E-state index >= 15 is 0 Å². The Morgan fingerprint density at radius 1 is 1.07 bits per heavy atom. The van der Waals surface area contributed by atoms with E-state index in [2.05, 4.69) is 22.0 Å². The molecule has 5 nitrogen and oxygen atoms in total. The summed E-state index contributed by atoms with van der Waals surface area (Å²) in [6.07, 6.45) is 3.53. The van der Waals surface area contributed by atoms with Crippen LogP contribution in [0.2, 0.25) is 0 Å². The van der Waals surface area contributed by atoms with Crippen molar-refractivity contribution in [1.82, 2.24) is 20.1 Å². The Morgan fingerprint density at radius 2 is 1.89 bits per heavy atom. The molecule has 0 saturated carbocycles. The van der Waals surface area contributed by atoms with Crippen molar-refractivity contribution in [2.24, 2.45) is 0 Å². The van der Waals surface area contributed by atoms with Gasteiger partial charge in [0.1, 0.15) is 5.82 Å². The number of aliphatic hydroxyl groups is 1. The van der Waals surface area contributed by atoms with Crippen molar-refractivity contribution in [3.8, 4) is 5.69 Å². The number of fused-ring (bicyclic) bond motifs is 1. The molecule has 0 atom stereocenters. The number of hydrogen-bond acceptors (Lipinski definition) is 4. The zero-order chi connectivity index (χ0) is 19.5. The molecule has 2 aromatic carbocycles. The Hall–Kier alpha value is -3.51. The van der Waals surface area contributed by atoms with Gasteiger partial charge in [-0.25, -0.2) is 9.07 Å². The minimum Gasteiger partial charge on any atom is -0.390 e. The standard InChI is InChI=1S/C22H19FN4O/c1-15(24-11-16-5-8-18(14-28)25-12-16)20-3-2-4-22-21(20)13-26-27(22)19-9-6-17(23)7-10-19/h2-10,12-13,24,28H,1,11,14H2. The molecule has 4 aromatic rings. The smallest absolute Gasteiger partial charge is 0.123 e. The van der Waals surface area contributed by atoms with Crippen LogP contribution in [0.3, 0.4) is 0 Å². The van der Waals surface area contributed by atoms with E-state index in [0.717, 1.165) is 33.4 Å². The van der Waals surface area contributed by atoms with Crippen LogP contribution in [0, 0.1) is 5.82 Å². The van der Waals surface area contributed by atoms with Crippen molar-refractivity contribution in [1.29, 1.82) is 0 Å². The number of halogens is 1. The summed E-state index contributed by atoms with van der Waals surface area (Å²) in [4.78, 5) is 4.18. The number of nitrogens with one attached hydrogen (secondary N) is 1. The molecule has 0 saturated heterocycles. The highest BCUT2D eigenvalue weighted by Crippen LogP contribution is 2.25. The first-order valence-electron chi connectivity index (χ1n) is 8.86. The lowest BCUT2D eigenvalue weighted by atomic mass is 10.1. The minimum absolute atomic E-state index is 0.0690. The quantitative estimate of drug-likeness (QED) is 0.539. The molecule has 0 fully saturated rings. The van der Waals surface area contributed by atoms with Crippen molar-refractivity contribution < 1.29 is 9.50 Å². The van der Waals surface area contributed by atoms with Crippen LogP contribution < -0.4 is 5.32 Å². The van der Waals surface area contributed by atoms with Gasteiger partial charge < -0.3 is 10.4 Å². The van der Waals surface area contributed by atoms with Gasteiger partial charge in [0.25, 0.3) is 0 Å². The lowest BCUT2D eigenvalue weighted by molar-refractivity contribution is 0.277. The molecule has 2 N–H and O–H groups in total. The van der Waals surface area contributed by atoms with Gasteiger partial charge in [-0.15, -0.1) is 0 Å². The third-order valence-electron chi connectivity index (χ3n) is 4.56. The fourth-order valence-electron chi connectivity index (χ4n) is 3.06. The molecule has 6 heteroatoms. The third kappa shape index (κ3) is 3.50. The van der Waals surface area contributed by atoms with Gasteiger partial charge in [0.15, 0.2) is 0 Å². The van der Waals surface area contributed by atoms with Gasteiger partial charge in [-0.3, -0.25) is 4.98 Å². The molecule has 0 aliphatic rings. The van der Waals surface area contributed by atoms with Crippen LogP contribution >= 0.6 is 0 Å². The van der Waals surface area contributed by atoms with Gasteiger partial charge in [0, 0.05) is 29.4 Å². The molecule has 2 aromatic heterocycles. The molecule has 2 heterocycles. The lowest BCUT2D eigenvalue weighted by Gasteiger charge is -2.11. The van der Waals surface area contributed by atoms with Gasteiger partial charge in [0.05, 0.1) is 29.7 Å². The highest BCUT2D eigenvalue weighted by molar-refractivity contribution is 5.91.